The Kier molecular flexibility index (Phi) is 18.5. The molecule has 0 bridgehead atoms. The highest BCUT2D eigenvalue weighted by molar-refractivity contribution is 7.91. The molecule has 2 N–H and O–H groups in total. The normalized spacial score (nSPS) is 15.9. The average Bonchev–Trinajstić information content (AvgIpc) is 3.11. The first kappa shape index (κ1) is 39.9. The van der Waals surface area contributed by atoms with Crippen molar-refractivity contribution < 1.29 is 28.2 Å². The lowest BCUT2D eigenvalue weighted by Gasteiger charge is -2.24. The summed E-state index contributed by atoms with van der Waals surface area (Å²) in [6.07, 6.45) is 28.8. The van der Waals surface area contributed by atoms with Gasteiger partial charge in [0.1, 0.15) is 11.5 Å². The zero-order valence-electron chi connectivity index (χ0n) is 30.0. The second-order valence-corrected chi connectivity index (χ2v) is 16.1. The van der Waals surface area contributed by atoms with Crippen molar-refractivity contribution in [3.63, 3.8) is 0 Å². The second-order valence-electron chi connectivity index (χ2n) is 14.2. The molecular formula is C41H64O6S. The molecule has 0 spiro atoms. The molecule has 0 aromatic heterocycles. The molecule has 7 heteroatoms. The van der Waals surface area contributed by atoms with Crippen LogP contribution in [0.2, 0.25) is 0 Å². The Morgan fingerprint density at radius 2 is 1.00 bits per heavy atom. The Balaban J connectivity index is 0.000000288. The van der Waals surface area contributed by atoms with E-state index >= 15 is 0 Å². The van der Waals surface area contributed by atoms with Crippen LogP contribution in [0, 0.1) is 0 Å². The number of hydrogen-bond donors (Lipinski definition) is 2. The molecule has 270 valence electrons. The number of rotatable bonds is 18. The van der Waals surface area contributed by atoms with Crippen LogP contribution in [0.5, 0.6) is 11.5 Å². The van der Waals surface area contributed by atoms with Gasteiger partial charge in [0.2, 0.25) is 9.84 Å². The molecule has 2 aromatic rings. The van der Waals surface area contributed by atoms with Crippen LogP contribution in [0.15, 0.2) is 46.2 Å². The van der Waals surface area contributed by atoms with Gasteiger partial charge in [-0.05, 0) is 91.5 Å². The molecule has 0 heterocycles. The maximum Gasteiger partial charge on any atom is 0.305 e. The average molecular weight is 685 g/mol. The number of ether oxygens (including phenoxy) is 1. The molecule has 2 saturated carbocycles. The highest BCUT2D eigenvalue weighted by Gasteiger charge is 2.26. The Bertz CT molecular complexity index is 1230. The number of benzene rings is 2. The van der Waals surface area contributed by atoms with E-state index in [0.717, 1.165) is 68.9 Å². The summed E-state index contributed by atoms with van der Waals surface area (Å²) in [6.45, 7) is 2.27. The SMILES string of the molecule is CCCCCCCCCCCCCCCC(=O)OC.O=S(=O)(c1ccc(O)c(C2CCCCC2)c1)c1ccc(O)c(C2CCCCC2)c1. The summed E-state index contributed by atoms with van der Waals surface area (Å²) in [6, 6.07) is 9.33. The molecule has 6 nitrogen and oxygen atoms in total. The monoisotopic (exact) mass is 684 g/mol. The summed E-state index contributed by atoms with van der Waals surface area (Å²) in [5.74, 6) is 0.741. The Morgan fingerprint density at radius 1 is 0.625 bits per heavy atom. The van der Waals surface area contributed by atoms with Crippen molar-refractivity contribution in [1.82, 2.24) is 0 Å². The maximum absolute atomic E-state index is 13.4. The van der Waals surface area contributed by atoms with Crippen molar-refractivity contribution in [3.8, 4) is 11.5 Å². The first-order valence-electron chi connectivity index (χ1n) is 19.3. The van der Waals surface area contributed by atoms with Gasteiger partial charge in [0, 0.05) is 6.42 Å². The van der Waals surface area contributed by atoms with E-state index in [0.29, 0.717) is 6.42 Å². The molecule has 0 saturated heterocycles. The third kappa shape index (κ3) is 13.4. The fraction of sp³-hybridized carbons (Fsp3) is 0.683. The molecular weight excluding hydrogens is 621 g/mol. The highest BCUT2D eigenvalue weighted by Crippen LogP contribution is 2.41. The van der Waals surface area contributed by atoms with Gasteiger partial charge >= 0.3 is 5.97 Å². The lowest BCUT2D eigenvalue weighted by molar-refractivity contribution is -0.140. The van der Waals surface area contributed by atoms with E-state index in [-0.39, 0.29) is 39.1 Å². The number of carbonyl (C=O) groups is 1. The van der Waals surface area contributed by atoms with Gasteiger partial charge in [0.25, 0.3) is 0 Å². The van der Waals surface area contributed by atoms with Gasteiger partial charge in [-0.15, -0.1) is 0 Å². The summed E-state index contributed by atoms with van der Waals surface area (Å²) < 4.78 is 31.3. The molecule has 0 amide bonds. The molecule has 4 rings (SSSR count). The molecule has 2 fully saturated rings. The molecule has 0 atom stereocenters. The Hall–Kier alpha value is -2.54. The minimum absolute atomic E-state index is 0.0666. The van der Waals surface area contributed by atoms with Crippen molar-refractivity contribution in [1.29, 1.82) is 0 Å². The summed E-state index contributed by atoms with van der Waals surface area (Å²) >= 11 is 0. The standard InChI is InChI=1S/C24H30O4S.C17H34O2/c25-23-13-11-19(15-21(23)17-7-3-1-4-8-17)29(27,28)20-12-14-24(26)22(16-20)18-9-5-2-6-10-18;1-3-4-5-6-7-8-9-10-11-12-13-14-15-16-17(18)19-2/h11-18,25-26H,1-10H2;3-16H2,1-2H3. The van der Waals surface area contributed by atoms with Gasteiger partial charge in [0.05, 0.1) is 16.9 Å². The van der Waals surface area contributed by atoms with E-state index in [9.17, 15) is 23.4 Å². The zero-order valence-corrected chi connectivity index (χ0v) is 30.8. The van der Waals surface area contributed by atoms with Crippen molar-refractivity contribution in [2.24, 2.45) is 0 Å². The summed E-state index contributed by atoms with van der Waals surface area (Å²) in [5.41, 5.74) is 1.49. The number of unbranched alkanes of at least 4 members (excludes halogenated alkanes) is 12. The number of aromatic hydroxyl groups is 2. The second kappa shape index (κ2) is 22.2. The predicted molar refractivity (Wildman–Crippen MR) is 196 cm³/mol. The zero-order chi connectivity index (χ0) is 34.6. The van der Waals surface area contributed by atoms with E-state index in [4.69, 9.17) is 0 Å². The van der Waals surface area contributed by atoms with Crippen molar-refractivity contribution in [2.45, 2.75) is 183 Å². The van der Waals surface area contributed by atoms with Crippen molar-refractivity contribution in [2.75, 3.05) is 7.11 Å². The van der Waals surface area contributed by atoms with Gasteiger partial charge in [-0.3, -0.25) is 4.79 Å². The quantitative estimate of drug-likeness (QED) is 0.120. The van der Waals surface area contributed by atoms with Gasteiger partial charge in [-0.2, -0.15) is 0 Å². The third-order valence-electron chi connectivity index (χ3n) is 10.4. The van der Waals surface area contributed by atoms with Crippen LogP contribution in [-0.4, -0.2) is 31.7 Å². The van der Waals surface area contributed by atoms with Crippen LogP contribution in [-0.2, 0) is 19.4 Å². The van der Waals surface area contributed by atoms with Crippen LogP contribution in [0.3, 0.4) is 0 Å². The molecule has 0 unspecified atom stereocenters. The number of phenolic OH excluding ortho intramolecular Hbond substituents is 2. The minimum Gasteiger partial charge on any atom is -0.508 e. The van der Waals surface area contributed by atoms with Gasteiger partial charge < -0.3 is 14.9 Å². The largest absolute Gasteiger partial charge is 0.508 e. The smallest absolute Gasteiger partial charge is 0.305 e. The molecule has 48 heavy (non-hydrogen) atoms. The van der Waals surface area contributed by atoms with Gasteiger partial charge in [0.15, 0.2) is 0 Å². The van der Waals surface area contributed by atoms with Gasteiger partial charge in [-0.1, -0.05) is 122 Å². The first-order valence-corrected chi connectivity index (χ1v) is 20.7. The van der Waals surface area contributed by atoms with Crippen LogP contribution in [0.1, 0.15) is 184 Å². The molecule has 0 aliphatic heterocycles. The van der Waals surface area contributed by atoms with E-state index < -0.39 is 9.84 Å². The lowest BCUT2D eigenvalue weighted by Crippen LogP contribution is -2.09. The number of carbonyl (C=O) groups excluding carboxylic acids is 1. The molecule has 2 aliphatic rings. The number of phenols is 2. The van der Waals surface area contributed by atoms with E-state index in [1.54, 1.807) is 12.1 Å². The Labute approximate surface area is 292 Å². The number of sulfone groups is 1. The predicted octanol–water partition coefficient (Wildman–Crippen LogP) is 11.7. The van der Waals surface area contributed by atoms with Crippen LogP contribution < -0.4 is 0 Å². The fourth-order valence-electron chi connectivity index (χ4n) is 7.41. The van der Waals surface area contributed by atoms with Crippen LogP contribution in [0.25, 0.3) is 0 Å². The lowest BCUT2D eigenvalue weighted by atomic mass is 9.84. The van der Waals surface area contributed by atoms with Crippen LogP contribution >= 0.6 is 0 Å². The van der Waals surface area contributed by atoms with Gasteiger partial charge in [-0.25, -0.2) is 8.42 Å². The van der Waals surface area contributed by atoms with E-state index in [1.807, 2.05) is 0 Å². The molecule has 2 aromatic carbocycles. The van der Waals surface area contributed by atoms with Crippen LogP contribution in [0.4, 0.5) is 0 Å². The number of hydrogen-bond acceptors (Lipinski definition) is 6. The highest BCUT2D eigenvalue weighted by atomic mass is 32.2. The third-order valence-corrected chi connectivity index (χ3v) is 12.2. The number of esters is 1. The topological polar surface area (TPSA) is 101 Å². The molecule has 0 radical (unpaired) electrons. The van der Waals surface area contributed by atoms with E-state index in [2.05, 4.69) is 11.7 Å². The van der Waals surface area contributed by atoms with E-state index in [1.165, 1.54) is 121 Å². The summed E-state index contributed by atoms with van der Waals surface area (Å²) in [5, 5.41) is 20.7. The molecule has 2 aliphatic carbocycles. The maximum atomic E-state index is 13.4. The van der Waals surface area contributed by atoms with Crippen molar-refractivity contribution >= 4 is 15.8 Å². The number of methoxy groups -OCH3 is 1. The first-order chi connectivity index (χ1) is 23.3. The van der Waals surface area contributed by atoms with Crippen molar-refractivity contribution in [3.05, 3.63) is 47.5 Å². The Morgan fingerprint density at radius 3 is 1.38 bits per heavy atom. The minimum atomic E-state index is -3.72. The summed E-state index contributed by atoms with van der Waals surface area (Å²) in [4.78, 5) is 11.3. The fourth-order valence-corrected chi connectivity index (χ4v) is 8.74. The summed E-state index contributed by atoms with van der Waals surface area (Å²) in [7, 11) is -2.25.